The number of hydrogen-bond acceptors (Lipinski definition) is 5. The quantitative estimate of drug-likeness (QED) is 0.865. The first-order valence-corrected chi connectivity index (χ1v) is 9.36. The minimum Gasteiger partial charge on any atom is -0.478 e. The molecule has 1 aromatic heterocycles. The van der Waals surface area contributed by atoms with E-state index in [1.54, 1.807) is 12.1 Å². The maximum Gasteiger partial charge on any atom is 0.335 e. The van der Waals surface area contributed by atoms with Crippen LogP contribution in [-0.2, 0) is 10.2 Å². The third-order valence-corrected chi connectivity index (χ3v) is 5.56. The summed E-state index contributed by atoms with van der Waals surface area (Å²) in [6.07, 6.45) is 4.71. The molecule has 0 radical (unpaired) electrons. The summed E-state index contributed by atoms with van der Waals surface area (Å²) < 4.78 is 5.44. The molecule has 1 unspecified atom stereocenters. The number of aromatic nitrogens is 1. The number of fused-ring (bicyclic) bond motifs is 1. The van der Waals surface area contributed by atoms with Crippen LogP contribution in [0.2, 0.25) is 0 Å². The van der Waals surface area contributed by atoms with Crippen LogP contribution in [0.3, 0.4) is 0 Å². The van der Waals surface area contributed by atoms with Gasteiger partial charge in [0.2, 0.25) is 0 Å². The Balaban J connectivity index is 1.63. The van der Waals surface area contributed by atoms with Crippen molar-refractivity contribution in [3.05, 3.63) is 53.3 Å². The smallest absolute Gasteiger partial charge is 0.335 e. The van der Waals surface area contributed by atoms with Gasteiger partial charge in [0, 0.05) is 25.0 Å². The Hall–Kier alpha value is -2.60. The molecule has 1 fully saturated rings. The van der Waals surface area contributed by atoms with Gasteiger partial charge in [-0.25, -0.2) is 4.79 Å². The van der Waals surface area contributed by atoms with E-state index in [-0.39, 0.29) is 11.5 Å². The summed E-state index contributed by atoms with van der Waals surface area (Å²) in [4.78, 5) is 18.1. The van der Waals surface area contributed by atoms with Gasteiger partial charge in [0.25, 0.3) is 0 Å². The van der Waals surface area contributed by atoms with Crippen molar-refractivity contribution in [2.75, 3.05) is 36.5 Å². The molecule has 3 heterocycles. The fourth-order valence-corrected chi connectivity index (χ4v) is 4.05. The van der Waals surface area contributed by atoms with E-state index < -0.39 is 5.97 Å². The molecule has 1 saturated heterocycles. The summed E-state index contributed by atoms with van der Waals surface area (Å²) >= 11 is 0. The lowest BCUT2D eigenvalue weighted by Crippen LogP contribution is -2.36. The molecule has 1 atom stereocenters. The fourth-order valence-electron chi connectivity index (χ4n) is 4.05. The molecular weight excluding hydrogens is 342 g/mol. The number of carboxylic acid groups (broad SMARTS) is 1. The average molecular weight is 367 g/mol. The SMILES string of the molecule is CC1(C)CC(c2cncc(N3CCOCC3)c2)Nc2ccc(C(=O)O)cc21. The van der Waals surface area contributed by atoms with Gasteiger partial charge in [-0.2, -0.15) is 0 Å². The maximum atomic E-state index is 11.3. The number of hydrogen-bond donors (Lipinski definition) is 2. The predicted octanol–water partition coefficient (Wildman–Crippen LogP) is 3.45. The molecule has 2 aliphatic rings. The largest absolute Gasteiger partial charge is 0.478 e. The number of morpholine rings is 1. The first-order valence-electron chi connectivity index (χ1n) is 9.36. The average Bonchev–Trinajstić information content (AvgIpc) is 2.68. The van der Waals surface area contributed by atoms with Gasteiger partial charge in [-0.15, -0.1) is 0 Å². The lowest BCUT2D eigenvalue weighted by molar-refractivity contribution is 0.0696. The number of carbonyl (C=O) groups is 1. The van der Waals surface area contributed by atoms with Crippen LogP contribution in [-0.4, -0.2) is 42.4 Å². The molecule has 0 aliphatic carbocycles. The Morgan fingerprint density at radius 2 is 2.04 bits per heavy atom. The summed E-state index contributed by atoms with van der Waals surface area (Å²) in [5, 5.41) is 12.9. The standard InChI is InChI=1S/C21H25N3O3/c1-21(2)11-19(23-18-4-3-14(20(25)26)10-17(18)21)15-9-16(13-22-12-15)24-5-7-27-8-6-24/h3-4,9-10,12-13,19,23H,5-8,11H2,1-2H3,(H,25,26). The van der Waals surface area contributed by atoms with Gasteiger partial charge in [0.15, 0.2) is 0 Å². The zero-order valence-electron chi connectivity index (χ0n) is 15.7. The second-order valence-electron chi connectivity index (χ2n) is 7.93. The third-order valence-electron chi connectivity index (χ3n) is 5.56. The van der Waals surface area contributed by atoms with Gasteiger partial charge >= 0.3 is 5.97 Å². The van der Waals surface area contributed by atoms with Crippen LogP contribution in [0.5, 0.6) is 0 Å². The van der Waals surface area contributed by atoms with Crippen molar-refractivity contribution in [1.82, 2.24) is 4.98 Å². The Bertz CT molecular complexity index is 860. The lowest BCUT2D eigenvalue weighted by atomic mass is 9.74. The van der Waals surface area contributed by atoms with E-state index in [2.05, 4.69) is 35.1 Å². The Labute approximate surface area is 159 Å². The van der Waals surface area contributed by atoms with Crippen molar-refractivity contribution in [3.8, 4) is 0 Å². The summed E-state index contributed by atoms with van der Waals surface area (Å²) in [5.41, 5.74) is 4.53. The van der Waals surface area contributed by atoms with E-state index >= 15 is 0 Å². The molecule has 1 aromatic carbocycles. The zero-order chi connectivity index (χ0) is 19.0. The second kappa shape index (κ2) is 6.85. The minimum atomic E-state index is -0.891. The second-order valence-corrected chi connectivity index (χ2v) is 7.93. The van der Waals surface area contributed by atoms with Crippen LogP contribution in [0.4, 0.5) is 11.4 Å². The summed E-state index contributed by atoms with van der Waals surface area (Å²) in [5.74, 6) is -0.891. The topological polar surface area (TPSA) is 74.7 Å². The number of aromatic carboxylic acids is 1. The predicted molar refractivity (Wildman–Crippen MR) is 105 cm³/mol. The number of nitrogens with one attached hydrogen (secondary N) is 1. The minimum absolute atomic E-state index is 0.133. The molecule has 0 saturated carbocycles. The molecule has 2 N–H and O–H groups in total. The normalized spacial score (nSPS) is 21.3. The number of carboxylic acids is 1. The van der Waals surface area contributed by atoms with Gasteiger partial charge < -0.3 is 20.1 Å². The van der Waals surface area contributed by atoms with Crippen LogP contribution in [0, 0.1) is 0 Å². The van der Waals surface area contributed by atoms with Crippen LogP contribution in [0.1, 0.15) is 47.8 Å². The molecule has 2 aliphatic heterocycles. The van der Waals surface area contributed by atoms with E-state index in [0.29, 0.717) is 5.56 Å². The van der Waals surface area contributed by atoms with Crippen LogP contribution >= 0.6 is 0 Å². The number of benzene rings is 1. The van der Waals surface area contributed by atoms with Crippen LogP contribution < -0.4 is 10.2 Å². The lowest BCUT2D eigenvalue weighted by Gasteiger charge is -2.39. The van der Waals surface area contributed by atoms with Gasteiger partial charge in [0.1, 0.15) is 0 Å². The molecule has 6 heteroatoms. The summed E-state index contributed by atoms with van der Waals surface area (Å²) in [6, 6.07) is 7.68. The molecule has 0 spiro atoms. The molecule has 27 heavy (non-hydrogen) atoms. The summed E-state index contributed by atoms with van der Waals surface area (Å²) in [7, 11) is 0. The number of rotatable bonds is 3. The highest BCUT2D eigenvalue weighted by atomic mass is 16.5. The van der Waals surface area contributed by atoms with Crippen molar-refractivity contribution in [1.29, 1.82) is 0 Å². The van der Waals surface area contributed by atoms with E-state index in [9.17, 15) is 9.90 Å². The highest BCUT2D eigenvalue weighted by Gasteiger charge is 2.34. The molecule has 4 rings (SSSR count). The van der Waals surface area contributed by atoms with E-state index in [1.807, 2.05) is 18.5 Å². The monoisotopic (exact) mass is 367 g/mol. The first-order chi connectivity index (χ1) is 12.9. The first kappa shape index (κ1) is 17.8. The van der Waals surface area contributed by atoms with Crippen molar-refractivity contribution >= 4 is 17.3 Å². The van der Waals surface area contributed by atoms with E-state index in [1.165, 1.54) is 0 Å². The molecule has 6 nitrogen and oxygen atoms in total. The van der Waals surface area contributed by atoms with Crippen molar-refractivity contribution in [3.63, 3.8) is 0 Å². The fraction of sp³-hybridized carbons (Fsp3) is 0.429. The number of anilines is 2. The zero-order valence-corrected chi connectivity index (χ0v) is 15.7. The molecule has 0 amide bonds. The van der Waals surface area contributed by atoms with Crippen molar-refractivity contribution < 1.29 is 14.6 Å². The van der Waals surface area contributed by atoms with Gasteiger partial charge in [-0.3, -0.25) is 4.98 Å². The highest BCUT2D eigenvalue weighted by molar-refractivity contribution is 5.89. The number of pyridine rings is 1. The van der Waals surface area contributed by atoms with Gasteiger partial charge in [-0.05, 0) is 47.2 Å². The molecule has 2 aromatic rings. The Morgan fingerprint density at radius 3 is 2.78 bits per heavy atom. The molecule has 0 bridgehead atoms. The van der Waals surface area contributed by atoms with Crippen LogP contribution in [0.15, 0.2) is 36.7 Å². The third kappa shape index (κ3) is 3.49. The molecule has 142 valence electrons. The highest BCUT2D eigenvalue weighted by Crippen LogP contribution is 2.44. The Morgan fingerprint density at radius 1 is 1.26 bits per heavy atom. The number of ether oxygens (including phenoxy) is 1. The Kier molecular flexibility index (Phi) is 4.52. The van der Waals surface area contributed by atoms with Crippen LogP contribution in [0.25, 0.3) is 0 Å². The van der Waals surface area contributed by atoms with E-state index in [4.69, 9.17) is 4.74 Å². The molecular formula is C21H25N3O3. The van der Waals surface area contributed by atoms with E-state index in [0.717, 1.165) is 55.2 Å². The van der Waals surface area contributed by atoms with Crippen molar-refractivity contribution in [2.24, 2.45) is 0 Å². The van der Waals surface area contributed by atoms with Gasteiger partial charge in [0.05, 0.1) is 36.7 Å². The maximum absolute atomic E-state index is 11.3. The summed E-state index contributed by atoms with van der Waals surface area (Å²) in [6.45, 7) is 7.61. The van der Waals surface area contributed by atoms with Crippen molar-refractivity contribution in [2.45, 2.75) is 31.7 Å². The van der Waals surface area contributed by atoms with Gasteiger partial charge in [-0.1, -0.05) is 13.8 Å². The number of nitrogens with zero attached hydrogens (tertiary/aromatic N) is 2.